The Bertz CT molecular complexity index is 626. The van der Waals surface area contributed by atoms with Crippen LogP contribution >= 0.6 is 0 Å². The van der Waals surface area contributed by atoms with Crippen molar-refractivity contribution in [2.75, 3.05) is 19.0 Å². The zero-order valence-electron chi connectivity index (χ0n) is 14.0. The third kappa shape index (κ3) is 5.11. The third-order valence-corrected chi connectivity index (χ3v) is 3.62. The molecule has 0 spiro atoms. The van der Waals surface area contributed by atoms with Crippen LogP contribution in [0, 0.1) is 5.92 Å². The summed E-state index contributed by atoms with van der Waals surface area (Å²) in [4.78, 5) is 12.7. The summed E-state index contributed by atoms with van der Waals surface area (Å²) < 4.78 is 5.20. The monoisotopic (exact) mass is 313 g/mol. The van der Waals surface area contributed by atoms with Gasteiger partial charge < -0.3 is 15.4 Å². The van der Waals surface area contributed by atoms with Crippen molar-refractivity contribution >= 4 is 11.6 Å². The maximum atomic E-state index is 12.7. The quantitative estimate of drug-likeness (QED) is 0.825. The molecule has 122 valence electrons. The SMILES string of the molecule is COc1cccc(NC(=O)[C@H]([NH2+]CC(C)C)c2ccccc2)c1. The minimum Gasteiger partial charge on any atom is -0.497 e. The van der Waals surface area contributed by atoms with Crippen molar-refractivity contribution in [2.45, 2.75) is 19.9 Å². The summed E-state index contributed by atoms with van der Waals surface area (Å²) >= 11 is 0. The molecule has 0 saturated carbocycles. The summed E-state index contributed by atoms with van der Waals surface area (Å²) in [7, 11) is 1.62. The first-order chi connectivity index (χ1) is 11.1. The second kappa shape index (κ2) is 8.34. The highest BCUT2D eigenvalue weighted by Gasteiger charge is 2.24. The average Bonchev–Trinajstić information content (AvgIpc) is 2.56. The van der Waals surface area contributed by atoms with E-state index in [-0.39, 0.29) is 11.9 Å². The van der Waals surface area contributed by atoms with Crippen molar-refractivity contribution in [3.8, 4) is 5.75 Å². The van der Waals surface area contributed by atoms with E-state index in [2.05, 4.69) is 24.5 Å². The summed E-state index contributed by atoms with van der Waals surface area (Å²) in [5.41, 5.74) is 1.75. The molecule has 1 amide bonds. The van der Waals surface area contributed by atoms with Gasteiger partial charge in [-0.3, -0.25) is 4.79 Å². The molecule has 0 fully saturated rings. The Morgan fingerprint density at radius 3 is 2.52 bits per heavy atom. The number of methoxy groups -OCH3 is 1. The van der Waals surface area contributed by atoms with E-state index in [1.165, 1.54) is 0 Å². The zero-order valence-corrected chi connectivity index (χ0v) is 14.0. The first-order valence-corrected chi connectivity index (χ1v) is 7.93. The first kappa shape index (κ1) is 17.0. The topological polar surface area (TPSA) is 54.9 Å². The van der Waals surface area contributed by atoms with E-state index in [1.807, 2.05) is 54.6 Å². The summed E-state index contributed by atoms with van der Waals surface area (Å²) in [5.74, 6) is 1.22. The minimum atomic E-state index is -0.259. The number of hydrogen-bond donors (Lipinski definition) is 2. The van der Waals surface area contributed by atoms with Crippen LogP contribution in [0.15, 0.2) is 54.6 Å². The van der Waals surface area contributed by atoms with Crippen LogP contribution in [-0.4, -0.2) is 19.6 Å². The van der Waals surface area contributed by atoms with Gasteiger partial charge in [0.1, 0.15) is 5.75 Å². The summed E-state index contributed by atoms with van der Waals surface area (Å²) in [5, 5.41) is 5.08. The van der Waals surface area contributed by atoms with Gasteiger partial charge in [0.25, 0.3) is 5.91 Å². The molecule has 2 rings (SSSR count). The Labute approximate surface area is 137 Å². The van der Waals surface area contributed by atoms with Gasteiger partial charge in [0.15, 0.2) is 6.04 Å². The lowest BCUT2D eigenvalue weighted by Gasteiger charge is -2.17. The highest BCUT2D eigenvalue weighted by atomic mass is 16.5. The fourth-order valence-electron chi connectivity index (χ4n) is 2.38. The molecule has 0 unspecified atom stereocenters. The number of quaternary nitrogens is 1. The molecule has 3 N–H and O–H groups in total. The van der Waals surface area contributed by atoms with Gasteiger partial charge in [-0.15, -0.1) is 0 Å². The number of ether oxygens (including phenoxy) is 1. The number of nitrogens with one attached hydrogen (secondary N) is 1. The van der Waals surface area contributed by atoms with Crippen molar-refractivity contribution < 1.29 is 14.8 Å². The highest BCUT2D eigenvalue weighted by Crippen LogP contribution is 2.18. The largest absolute Gasteiger partial charge is 0.497 e. The van der Waals surface area contributed by atoms with Crippen LogP contribution in [-0.2, 0) is 4.79 Å². The number of rotatable bonds is 7. The van der Waals surface area contributed by atoms with Gasteiger partial charge in [-0.25, -0.2) is 0 Å². The molecule has 0 heterocycles. The molecule has 4 heteroatoms. The molecule has 1 atom stereocenters. The van der Waals surface area contributed by atoms with Crippen LogP contribution in [0.2, 0.25) is 0 Å². The molecule has 0 radical (unpaired) electrons. The summed E-state index contributed by atoms with van der Waals surface area (Å²) in [6.07, 6.45) is 0. The van der Waals surface area contributed by atoms with E-state index in [9.17, 15) is 4.79 Å². The predicted octanol–water partition coefficient (Wildman–Crippen LogP) is 2.59. The van der Waals surface area contributed by atoms with Gasteiger partial charge in [0.05, 0.1) is 13.7 Å². The van der Waals surface area contributed by atoms with Crippen molar-refractivity contribution in [2.24, 2.45) is 5.92 Å². The van der Waals surface area contributed by atoms with Crippen LogP contribution in [0.25, 0.3) is 0 Å². The van der Waals surface area contributed by atoms with E-state index in [1.54, 1.807) is 7.11 Å². The Hall–Kier alpha value is -2.33. The van der Waals surface area contributed by atoms with Crippen LogP contribution in [0.3, 0.4) is 0 Å². The third-order valence-electron chi connectivity index (χ3n) is 3.62. The number of nitrogens with two attached hydrogens (primary N) is 1. The number of carbonyl (C=O) groups excluding carboxylic acids is 1. The standard InChI is InChI=1S/C19H24N2O2/c1-14(2)13-20-18(15-8-5-4-6-9-15)19(22)21-16-10-7-11-17(12-16)23-3/h4-12,14,18,20H,13H2,1-3H3,(H,21,22)/p+1/t18-/m1/s1. The van der Waals surface area contributed by atoms with Crippen molar-refractivity contribution in [1.82, 2.24) is 0 Å². The second-order valence-electron chi connectivity index (χ2n) is 5.97. The molecule has 4 nitrogen and oxygen atoms in total. The van der Waals surface area contributed by atoms with Crippen LogP contribution < -0.4 is 15.4 Å². The van der Waals surface area contributed by atoms with Gasteiger partial charge in [0.2, 0.25) is 0 Å². The molecule has 0 aliphatic carbocycles. The lowest BCUT2D eigenvalue weighted by atomic mass is 10.0. The molecular formula is C19H25N2O2+. The first-order valence-electron chi connectivity index (χ1n) is 7.93. The molecule has 23 heavy (non-hydrogen) atoms. The second-order valence-corrected chi connectivity index (χ2v) is 5.97. The van der Waals surface area contributed by atoms with E-state index < -0.39 is 0 Å². The highest BCUT2D eigenvalue weighted by molar-refractivity contribution is 5.94. The molecule has 0 aliphatic heterocycles. The number of benzene rings is 2. The van der Waals surface area contributed by atoms with Crippen LogP contribution in [0.5, 0.6) is 5.75 Å². The molecule has 0 saturated heterocycles. The number of carbonyl (C=O) groups is 1. The van der Waals surface area contributed by atoms with E-state index in [0.29, 0.717) is 5.92 Å². The Morgan fingerprint density at radius 2 is 1.87 bits per heavy atom. The van der Waals surface area contributed by atoms with E-state index >= 15 is 0 Å². The summed E-state index contributed by atoms with van der Waals surface area (Å²) in [6, 6.07) is 17.0. The van der Waals surface area contributed by atoms with Crippen molar-refractivity contribution in [3.05, 3.63) is 60.2 Å². The molecular weight excluding hydrogens is 288 g/mol. The minimum absolute atomic E-state index is 0.0231. The van der Waals surface area contributed by atoms with Gasteiger partial charge in [-0.2, -0.15) is 0 Å². The van der Waals surface area contributed by atoms with Crippen LogP contribution in [0.1, 0.15) is 25.5 Å². The normalized spacial score (nSPS) is 12.0. The summed E-state index contributed by atoms with van der Waals surface area (Å²) in [6.45, 7) is 5.20. The fourth-order valence-corrected chi connectivity index (χ4v) is 2.38. The zero-order chi connectivity index (χ0) is 16.7. The smallest absolute Gasteiger partial charge is 0.287 e. The van der Waals surface area contributed by atoms with Gasteiger partial charge in [-0.1, -0.05) is 50.2 Å². The van der Waals surface area contributed by atoms with Gasteiger partial charge >= 0.3 is 0 Å². The van der Waals surface area contributed by atoms with Gasteiger partial charge in [0, 0.05) is 23.2 Å². The Morgan fingerprint density at radius 1 is 1.13 bits per heavy atom. The fraction of sp³-hybridized carbons (Fsp3) is 0.316. The maximum absolute atomic E-state index is 12.7. The van der Waals surface area contributed by atoms with E-state index in [0.717, 1.165) is 23.5 Å². The number of anilines is 1. The van der Waals surface area contributed by atoms with Crippen LogP contribution in [0.4, 0.5) is 5.69 Å². The van der Waals surface area contributed by atoms with Gasteiger partial charge in [-0.05, 0) is 12.1 Å². The molecule has 0 bridgehead atoms. The molecule has 2 aromatic rings. The lowest BCUT2D eigenvalue weighted by Crippen LogP contribution is -2.88. The van der Waals surface area contributed by atoms with Crippen molar-refractivity contribution in [3.63, 3.8) is 0 Å². The Balaban J connectivity index is 2.15. The molecule has 0 aliphatic rings. The number of amides is 1. The van der Waals surface area contributed by atoms with Crippen molar-refractivity contribution in [1.29, 1.82) is 0 Å². The molecule has 2 aromatic carbocycles. The molecule has 0 aromatic heterocycles. The van der Waals surface area contributed by atoms with E-state index in [4.69, 9.17) is 4.74 Å². The predicted molar refractivity (Wildman–Crippen MR) is 92.4 cm³/mol. The average molecular weight is 313 g/mol. The maximum Gasteiger partial charge on any atom is 0.287 e. The lowest BCUT2D eigenvalue weighted by molar-refractivity contribution is -0.686. The number of hydrogen-bond acceptors (Lipinski definition) is 2. The Kier molecular flexibility index (Phi) is 6.18.